The highest BCUT2D eigenvalue weighted by atomic mass is 32.2. The van der Waals surface area contributed by atoms with Crippen LogP contribution in [0.4, 0.5) is 0 Å². The molecule has 2 amide bonds. The van der Waals surface area contributed by atoms with Crippen molar-refractivity contribution in [3.63, 3.8) is 0 Å². The summed E-state index contributed by atoms with van der Waals surface area (Å²) in [7, 11) is -3.74. The number of sulfonamides is 1. The number of nitrogens with zero attached hydrogens (tertiary/aromatic N) is 2. The quantitative estimate of drug-likeness (QED) is 0.372. The summed E-state index contributed by atoms with van der Waals surface area (Å²) in [5.74, 6) is -0.0512. The Balaban J connectivity index is 1.21. The van der Waals surface area contributed by atoms with Crippen molar-refractivity contribution in [2.45, 2.75) is 106 Å². The number of carbonyl (C=O) groups is 2. The van der Waals surface area contributed by atoms with Crippen LogP contribution in [0.15, 0.2) is 49.2 Å². The van der Waals surface area contributed by atoms with E-state index in [2.05, 4.69) is 57.3 Å². The normalized spacial score (nSPS) is 31.2. The second-order valence-corrected chi connectivity index (χ2v) is 16.1. The molecule has 1 saturated heterocycles. The summed E-state index contributed by atoms with van der Waals surface area (Å²) in [6.07, 6.45) is 17.2. The molecule has 7 rings (SSSR count). The maximum Gasteiger partial charge on any atom is 0.254 e. The van der Waals surface area contributed by atoms with Crippen molar-refractivity contribution in [2.75, 3.05) is 13.1 Å². The summed E-state index contributed by atoms with van der Waals surface area (Å²) in [4.78, 5) is 34.7. The smallest absolute Gasteiger partial charge is 0.254 e. The Kier molecular flexibility index (Phi) is 9.15. The first-order valence-electron chi connectivity index (χ1n) is 17.5. The van der Waals surface area contributed by atoms with Gasteiger partial charge in [-0.25, -0.2) is 13.4 Å². The van der Waals surface area contributed by atoms with E-state index < -0.39 is 32.9 Å². The number of hydrogen-bond acceptors (Lipinski definition) is 8. The third-order valence-electron chi connectivity index (χ3n) is 10.8. The molecule has 3 saturated carbocycles. The molecule has 5 aliphatic rings. The van der Waals surface area contributed by atoms with Crippen LogP contribution in [0, 0.1) is 11.8 Å². The highest BCUT2D eigenvalue weighted by Gasteiger charge is 2.62. The second kappa shape index (κ2) is 13.3. The van der Waals surface area contributed by atoms with Gasteiger partial charge in [-0.2, -0.15) is 0 Å². The van der Waals surface area contributed by atoms with Crippen LogP contribution in [-0.2, 0) is 19.6 Å². The molecule has 3 N–H and O–H groups in total. The minimum absolute atomic E-state index is 0.00896. The first-order valence-corrected chi connectivity index (χ1v) is 19.0. The lowest BCUT2D eigenvalue weighted by atomic mass is 9.96. The van der Waals surface area contributed by atoms with Crippen LogP contribution in [0.3, 0.4) is 0 Å². The van der Waals surface area contributed by atoms with E-state index in [0.717, 1.165) is 74.2 Å². The minimum Gasteiger partial charge on any atom is -0.472 e. The van der Waals surface area contributed by atoms with E-state index in [1.807, 2.05) is 11.0 Å². The third-order valence-corrected chi connectivity index (χ3v) is 12.6. The standard InChI is InChI=1S/C36H47N5O5S/c1-2-27-22-36(27,35(43)40-47(44,45)29-15-16-29)39-31-21-28-23-41(31)34(42)32(26-11-7-8-12-26)37-18-9-5-3-4-6-10-24-13-14-25-17-19-38-33(46-28)30(25)20-24/h2,6,10,13-14,17,19-20,26-29,31-32,37,39H,1,3-5,7-9,11-12,15-16,18,21-23H2,(H,40,43)/b10-6+/t27-,28-,31+,32+,36-/m1/s1. The summed E-state index contributed by atoms with van der Waals surface area (Å²) in [5, 5.41) is 8.56. The zero-order valence-electron chi connectivity index (χ0n) is 27.0. The van der Waals surface area contributed by atoms with E-state index in [1.165, 1.54) is 0 Å². The first kappa shape index (κ1) is 32.3. The van der Waals surface area contributed by atoms with Crippen LogP contribution in [0.25, 0.3) is 16.8 Å². The van der Waals surface area contributed by atoms with Crippen molar-refractivity contribution in [2.24, 2.45) is 11.8 Å². The molecular formula is C36H47N5O5S. The Labute approximate surface area is 277 Å². The van der Waals surface area contributed by atoms with Gasteiger partial charge in [-0.05, 0) is 86.9 Å². The van der Waals surface area contributed by atoms with Gasteiger partial charge in [-0.15, -0.1) is 6.58 Å². The third kappa shape index (κ3) is 6.85. The summed E-state index contributed by atoms with van der Waals surface area (Å²) in [5.41, 5.74) is -0.0784. The molecule has 11 heteroatoms. The molecule has 4 bridgehead atoms. The predicted molar refractivity (Wildman–Crippen MR) is 182 cm³/mol. The lowest BCUT2D eigenvalue weighted by Gasteiger charge is -2.34. The Bertz CT molecular complexity index is 1650. The second-order valence-electron chi connectivity index (χ2n) is 14.1. The van der Waals surface area contributed by atoms with Crippen molar-refractivity contribution in [3.8, 4) is 5.88 Å². The maximum absolute atomic E-state index is 14.6. The fourth-order valence-electron chi connectivity index (χ4n) is 7.79. The van der Waals surface area contributed by atoms with Crippen LogP contribution in [0.2, 0.25) is 0 Å². The molecule has 10 nitrogen and oxygen atoms in total. The predicted octanol–water partition coefficient (Wildman–Crippen LogP) is 4.42. The Hall–Kier alpha value is -3.28. The molecule has 252 valence electrons. The SMILES string of the molecule is C=C[C@@H]1C[C@]1(N[C@@H]1C[C@@H]2CN1C(=O)[C@H](C1CCCC1)NCCCCC/C=C/c1ccc3ccnc(c3c1)O2)C(=O)NS(=O)(=O)C1CC1. The topological polar surface area (TPSA) is 130 Å². The summed E-state index contributed by atoms with van der Waals surface area (Å²) >= 11 is 0. The lowest BCUT2D eigenvalue weighted by Crippen LogP contribution is -2.60. The molecule has 3 heterocycles. The monoisotopic (exact) mass is 661 g/mol. The van der Waals surface area contributed by atoms with Crippen molar-refractivity contribution >= 4 is 38.7 Å². The Morgan fingerprint density at radius 2 is 1.94 bits per heavy atom. The van der Waals surface area contributed by atoms with Crippen LogP contribution in [0.1, 0.15) is 82.6 Å². The number of pyridine rings is 1. The van der Waals surface area contributed by atoms with Gasteiger partial charge >= 0.3 is 0 Å². The maximum atomic E-state index is 14.6. The van der Waals surface area contributed by atoms with Crippen molar-refractivity contribution in [1.29, 1.82) is 0 Å². The van der Waals surface area contributed by atoms with Crippen molar-refractivity contribution < 1.29 is 22.7 Å². The van der Waals surface area contributed by atoms with Crippen LogP contribution in [0.5, 0.6) is 5.88 Å². The average molecular weight is 662 g/mol. The number of nitrogens with one attached hydrogen (secondary N) is 3. The molecule has 0 radical (unpaired) electrons. The number of ether oxygens (including phenoxy) is 1. The van der Waals surface area contributed by atoms with Crippen LogP contribution < -0.4 is 20.1 Å². The fourth-order valence-corrected chi connectivity index (χ4v) is 9.15. The zero-order valence-corrected chi connectivity index (χ0v) is 27.8. The summed E-state index contributed by atoms with van der Waals surface area (Å²) < 4.78 is 34.6. The van der Waals surface area contributed by atoms with E-state index in [9.17, 15) is 18.0 Å². The largest absolute Gasteiger partial charge is 0.472 e. The number of benzene rings is 1. The molecule has 2 aromatic rings. The molecule has 5 atom stereocenters. The summed E-state index contributed by atoms with van der Waals surface area (Å²) in [6, 6.07) is 7.92. The molecule has 0 spiro atoms. The van der Waals surface area contributed by atoms with E-state index >= 15 is 0 Å². The minimum atomic E-state index is -3.74. The van der Waals surface area contributed by atoms with Gasteiger partial charge in [0.1, 0.15) is 11.6 Å². The number of fused-ring (bicyclic) bond motifs is 3. The molecule has 3 aliphatic carbocycles. The van der Waals surface area contributed by atoms with Crippen LogP contribution >= 0.6 is 0 Å². The van der Waals surface area contributed by atoms with Gasteiger partial charge < -0.3 is 15.0 Å². The van der Waals surface area contributed by atoms with Crippen LogP contribution in [-0.4, -0.2) is 72.3 Å². The van der Waals surface area contributed by atoms with E-state index in [4.69, 9.17) is 4.74 Å². The first-order chi connectivity index (χ1) is 22.8. The number of amides is 2. The lowest BCUT2D eigenvalue weighted by molar-refractivity contribution is -0.137. The average Bonchev–Trinajstić information content (AvgIpc) is 3.94. The molecule has 47 heavy (non-hydrogen) atoms. The number of rotatable bonds is 7. The number of aromatic nitrogens is 1. The molecular weight excluding hydrogens is 614 g/mol. The van der Waals surface area contributed by atoms with Gasteiger partial charge in [-0.1, -0.05) is 49.6 Å². The van der Waals surface area contributed by atoms with Gasteiger partial charge in [0, 0.05) is 23.9 Å². The Morgan fingerprint density at radius 3 is 2.70 bits per heavy atom. The van der Waals surface area contributed by atoms with Gasteiger partial charge in [0.15, 0.2) is 0 Å². The molecule has 1 aromatic heterocycles. The number of hydrogen-bond donors (Lipinski definition) is 3. The number of carbonyl (C=O) groups excluding carboxylic acids is 2. The number of allylic oxidation sites excluding steroid dienone is 1. The van der Waals surface area contributed by atoms with Crippen molar-refractivity contribution in [1.82, 2.24) is 25.2 Å². The van der Waals surface area contributed by atoms with Gasteiger partial charge in [-0.3, -0.25) is 19.6 Å². The highest BCUT2D eigenvalue weighted by molar-refractivity contribution is 7.91. The van der Waals surface area contributed by atoms with Gasteiger partial charge in [0.05, 0.1) is 24.0 Å². The zero-order chi connectivity index (χ0) is 32.6. The van der Waals surface area contributed by atoms with Gasteiger partial charge in [0.2, 0.25) is 21.8 Å². The molecule has 0 unspecified atom stereocenters. The fraction of sp³-hybridized carbons (Fsp3) is 0.583. The van der Waals surface area contributed by atoms with Gasteiger partial charge in [0.25, 0.3) is 5.91 Å². The highest BCUT2D eigenvalue weighted by Crippen LogP contribution is 2.46. The van der Waals surface area contributed by atoms with E-state index in [0.29, 0.717) is 38.1 Å². The van der Waals surface area contributed by atoms with E-state index in [-0.39, 0.29) is 29.9 Å². The van der Waals surface area contributed by atoms with Crippen molar-refractivity contribution in [3.05, 3.63) is 54.8 Å². The molecule has 1 aromatic carbocycles. The summed E-state index contributed by atoms with van der Waals surface area (Å²) in [6.45, 7) is 5.02. The molecule has 2 aliphatic heterocycles. The van der Waals surface area contributed by atoms with E-state index in [1.54, 1.807) is 12.3 Å². The molecule has 4 fully saturated rings. The Morgan fingerprint density at radius 1 is 1.11 bits per heavy atom.